The summed E-state index contributed by atoms with van der Waals surface area (Å²) in [5.74, 6) is 0.945. The van der Waals surface area contributed by atoms with Crippen molar-refractivity contribution in [2.24, 2.45) is 0 Å². The first-order chi connectivity index (χ1) is 14.8. The molecule has 30 heavy (non-hydrogen) atoms. The van der Waals surface area contributed by atoms with Crippen LogP contribution in [0.15, 0.2) is 54.6 Å². The zero-order valence-electron chi connectivity index (χ0n) is 17.9. The van der Waals surface area contributed by atoms with Gasteiger partial charge in [0.1, 0.15) is 12.4 Å². The molecule has 2 aromatic rings. The lowest BCUT2D eigenvalue weighted by molar-refractivity contribution is 0.0322. The highest BCUT2D eigenvalue weighted by molar-refractivity contribution is 5.27. The molecule has 0 bridgehead atoms. The molecule has 2 aromatic carbocycles. The second kappa shape index (κ2) is 11.5. The first-order valence-electron chi connectivity index (χ1n) is 11.2. The predicted octanol–water partition coefficient (Wildman–Crippen LogP) is 3.58. The summed E-state index contributed by atoms with van der Waals surface area (Å²) < 4.78 is 17.2. The molecule has 1 atom stereocenters. The maximum atomic E-state index is 5.96. The van der Waals surface area contributed by atoms with E-state index in [1.807, 2.05) is 0 Å². The smallest absolute Gasteiger partial charge is 0.119 e. The van der Waals surface area contributed by atoms with E-state index in [-0.39, 0.29) is 0 Å². The predicted molar refractivity (Wildman–Crippen MR) is 119 cm³/mol. The molecule has 0 aliphatic carbocycles. The molecule has 0 saturated carbocycles. The minimum Gasteiger partial charge on any atom is -0.492 e. The third-order valence-corrected chi connectivity index (χ3v) is 5.84. The lowest BCUT2D eigenvalue weighted by atomic mass is 10.1. The van der Waals surface area contributed by atoms with Gasteiger partial charge in [-0.15, -0.1) is 0 Å². The highest BCUT2D eigenvalue weighted by Crippen LogP contribution is 2.19. The Balaban J connectivity index is 1.29. The SMILES string of the molecule is c1ccc(CN(Cc2ccc(OCCN3CCOCC3)cc2)CC2CCCO2)cc1. The van der Waals surface area contributed by atoms with E-state index >= 15 is 0 Å². The number of nitrogens with zero attached hydrogens (tertiary/aromatic N) is 2. The fraction of sp³-hybridized carbons (Fsp3) is 0.520. The van der Waals surface area contributed by atoms with E-state index < -0.39 is 0 Å². The summed E-state index contributed by atoms with van der Waals surface area (Å²) in [6, 6.07) is 19.3. The van der Waals surface area contributed by atoms with Crippen molar-refractivity contribution in [1.29, 1.82) is 0 Å². The van der Waals surface area contributed by atoms with Crippen molar-refractivity contribution in [2.75, 3.05) is 52.6 Å². The Kier molecular flexibility index (Phi) is 8.15. The maximum Gasteiger partial charge on any atom is 0.119 e. The largest absolute Gasteiger partial charge is 0.492 e. The van der Waals surface area contributed by atoms with Gasteiger partial charge in [0.05, 0.1) is 19.3 Å². The van der Waals surface area contributed by atoms with Gasteiger partial charge in [0.15, 0.2) is 0 Å². The van der Waals surface area contributed by atoms with Crippen LogP contribution in [0, 0.1) is 0 Å². The van der Waals surface area contributed by atoms with Crippen LogP contribution in [0.3, 0.4) is 0 Å². The number of hydrogen-bond donors (Lipinski definition) is 0. The van der Waals surface area contributed by atoms with E-state index in [1.54, 1.807) is 0 Å². The molecule has 2 heterocycles. The van der Waals surface area contributed by atoms with Gasteiger partial charge in [-0.3, -0.25) is 9.80 Å². The van der Waals surface area contributed by atoms with Crippen molar-refractivity contribution in [3.8, 4) is 5.75 Å². The number of ether oxygens (including phenoxy) is 3. The van der Waals surface area contributed by atoms with Crippen molar-refractivity contribution in [3.63, 3.8) is 0 Å². The van der Waals surface area contributed by atoms with E-state index in [0.29, 0.717) is 6.10 Å². The summed E-state index contributed by atoms with van der Waals surface area (Å²) in [5, 5.41) is 0. The highest BCUT2D eigenvalue weighted by atomic mass is 16.5. The van der Waals surface area contributed by atoms with Gasteiger partial charge in [-0.2, -0.15) is 0 Å². The normalized spacial score (nSPS) is 20.0. The average molecular weight is 411 g/mol. The van der Waals surface area contributed by atoms with E-state index in [1.165, 1.54) is 24.0 Å². The Morgan fingerprint density at radius 2 is 1.63 bits per heavy atom. The van der Waals surface area contributed by atoms with Crippen molar-refractivity contribution >= 4 is 0 Å². The van der Waals surface area contributed by atoms with E-state index in [4.69, 9.17) is 14.2 Å². The number of rotatable bonds is 10. The Bertz CT molecular complexity index is 726. The second-order valence-electron chi connectivity index (χ2n) is 8.24. The molecule has 2 aliphatic rings. The molecular formula is C25H34N2O3. The Labute approximate surface area is 180 Å². The first kappa shape index (κ1) is 21.3. The standard InChI is InChI=1S/C25H34N2O3/c1-2-5-22(6-3-1)19-27(21-25-7-4-15-29-25)20-23-8-10-24(11-9-23)30-18-14-26-12-16-28-17-13-26/h1-3,5-6,8-11,25H,4,7,12-21H2. The summed E-state index contributed by atoms with van der Waals surface area (Å²) in [6.45, 7) is 9.10. The number of hydrogen-bond acceptors (Lipinski definition) is 5. The lowest BCUT2D eigenvalue weighted by Crippen LogP contribution is -2.38. The van der Waals surface area contributed by atoms with Gasteiger partial charge in [-0.1, -0.05) is 42.5 Å². The molecule has 0 radical (unpaired) electrons. The summed E-state index contributed by atoms with van der Waals surface area (Å²) in [7, 11) is 0. The summed E-state index contributed by atoms with van der Waals surface area (Å²) in [5.41, 5.74) is 2.66. The van der Waals surface area contributed by atoms with Gasteiger partial charge in [-0.25, -0.2) is 0 Å². The molecule has 5 heteroatoms. The molecule has 0 amide bonds. The number of benzene rings is 2. The first-order valence-corrected chi connectivity index (χ1v) is 11.2. The minimum atomic E-state index is 0.358. The van der Waals surface area contributed by atoms with Crippen LogP contribution in [0.2, 0.25) is 0 Å². The Morgan fingerprint density at radius 1 is 0.900 bits per heavy atom. The van der Waals surface area contributed by atoms with Crippen molar-refractivity contribution < 1.29 is 14.2 Å². The zero-order valence-corrected chi connectivity index (χ0v) is 17.9. The van der Waals surface area contributed by atoms with Gasteiger partial charge < -0.3 is 14.2 Å². The molecule has 5 nitrogen and oxygen atoms in total. The Morgan fingerprint density at radius 3 is 2.33 bits per heavy atom. The van der Waals surface area contributed by atoms with E-state index in [2.05, 4.69) is 64.4 Å². The van der Waals surface area contributed by atoms with Crippen LogP contribution in [0.25, 0.3) is 0 Å². The van der Waals surface area contributed by atoms with Gasteiger partial charge >= 0.3 is 0 Å². The molecule has 2 aliphatic heterocycles. The van der Waals surface area contributed by atoms with Crippen molar-refractivity contribution in [3.05, 3.63) is 65.7 Å². The highest BCUT2D eigenvalue weighted by Gasteiger charge is 2.19. The van der Waals surface area contributed by atoms with Gasteiger partial charge in [0.25, 0.3) is 0 Å². The lowest BCUT2D eigenvalue weighted by Gasteiger charge is -2.26. The van der Waals surface area contributed by atoms with Crippen LogP contribution < -0.4 is 4.74 Å². The third kappa shape index (κ3) is 6.81. The topological polar surface area (TPSA) is 34.2 Å². The van der Waals surface area contributed by atoms with Crippen molar-refractivity contribution in [2.45, 2.75) is 32.0 Å². The molecular weight excluding hydrogens is 376 g/mol. The number of morpholine rings is 1. The Hall–Kier alpha value is -1.92. The van der Waals surface area contributed by atoms with Crippen LogP contribution in [-0.4, -0.2) is 68.5 Å². The third-order valence-electron chi connectivity index (χ3n) is 5.84. The fourth-order valence-corrected chi connectivity index (χ4v) is 4.17. The molecule has 4 rings (SSSR count). The second-order valence-corrected chi connectivity index (χ2v) is 8.24. The molecule has 2 fully saturated rings. The summed E-state index contributed by atoms with van der Waals surface area (Å²) in [6.07, 6.45) is 2.71. The molecule has 0 spiro atoms. The summed E-state index contributed by atoms with van der Waals surface area (Å²) in [4.78, 5) is 4.89. The zero-order chi connectivity index (χ0) is 20.4. The molecule has 0 aromatic heterocycles. The summed E-state index contributed by atoms with van der Waals surface area (Å²) >= 11 is 0. The van der Waals surface area contributed by atoms with Crippen LogP contribution in [0.1, 0.15) is 24.0 Å². The monoisotopic (exact) mass is 410 g/mol. The van der Waals surface area contributed by atoms with Gasteiger partial charge in [0, 0.05) is 45.9 Å². The average Bonchev–Trinajstić information content (AvgIpc) is 3.29. The van der Waals surface area contributed by atoms with E-state index in [0.717, 1.165) is 71.4 Å². The quantitative estimate of drug-likeness (QED) is 0.598. The van der Waals surface area contributed by atoms with Crippen LogP contribution in [-0.2, 0) is 22.6 Å². The van der Waals surface area contributed by atoms with Crippen LogP contribution >= 0.6 is 0 Å². The van der Waals surface area contributed by atoms with Crippen LogP contribution in [0.5, 0.6) is 5.75 Å². The van der Waals surface area contributed by atoms with Gasteiger partial charge in [0.2, 0.25) is 0 Å². The molecule has 1 unspecified atom stereocenters. The maximum absolute atomic E-state index is 5.96. The van der Waals surface area contributed by atoms with Crippen LogP contribution in [0.4, 0.5) is 0 Å². The molecule has 0 N–H and O–H groups in total. The fourth-order valence-electron chi connectivity index (χ4n) is 4.17. The van der Waals surface area contributed by atoms with E-state index in [9.17, 15) is 0 Å². The van der Waals surface area contributed by atoms with Crippen molar-refractivity contribution in [1.82, 2.24) is 9.80 Å². The molecule has 162 valence electrons. The van der Waals surface area contributed by atoms with Gasteiger partial charge in [-0.05, 0) is 36.1 Å². The minimum absolute atomic E-state index is 0.358. The molecule has 2 saturated heterocycles.